The molecular formula is C16H15BrFN3. The van der Waals surface area contributed by atoms with Crippen LogP contribution >= 0.6 is 15.9 Å². The van der Waals surface area contributed by atoms with Crippen molar-refractivity contribution in [3.05, 3.63) is 52.3 Å². The first-order chi connectivity index (χ1) is 10.1. The minimum absolute atomic E-state index is 0.275. The van der Waals surface area contributed by atoms with Crippen LogP contribution in [0, 0.1) is 5.82 Å². The van der Waals surface area contributed by atoms with Crippen LogP contribution < -0.4 is 5.73 Å². The molecule has 0 spiro atoms. The first kappa shape index (κ1) is 14.2. The maximum atomic E-state index is 13.4. The van der Waals surface area contributed by atoms with Crippen LogP contribution in [0.4, 0.5) is 4.39 Å². The average Bonchev–Trinajstić information content (AvgIpc) is 2.87. The summed E-state index contributed by atoms with van der Waals surface area (Å²) in [6.45, 7) is 3.36. The van der Waals surface area contributed by atoms with Gasteiger partial charge in [-0.2, -0.15) is 0 Å². The first-order valence-corrected chi connectivity index (χ1v) is 7.58. The Morgan fingerprint density at radius 3 is 2.71 bits per heavy atom. The minimum Gasteiger partial charge on any atom is -0.326 e. The lowest BCUT2D eigenvalue weighted by Gasteiger charge is -2.07. The van der Waals surface area contributed by atoms with Crippen molar-refractivity contribution in [3.63, 3.8) is 0 Å². The Balaban J connectivity index is 2.23. The van der Waals surface area contributed by atoms with Crippen LogP contribution in [0.25, 0.3) is 22.4 Å². The van der Waals surface area contributed by atoms with Gasteiger partial charge >= 0.3 is 0 Å². The van der Waals surface area contributed by atoms with E-state index in [1.807, 2.05) is 18.2 Å². The molecule has 5 heteroatoms. The van der Waals surface area contributed by atoms with Crippen LogP contribution in [0.2, 0.25) is 0 Å². The largest absolute Gasteiger partial charge is 0.326 e. The molecule has 108 valence electrons. The minimum atomic E-state index is -0.275. The van der Waals surface area contributed by atoms with Crippen LogP contribution in [0.3, 0.4) is 0 Å². The molecule has 0 amide bonds. The fourth-order valence-corrected chi connectivity index (χ4v) is 2.86. The Labute approximate surface area is 130 Å². The monoisotopic (exact) mass is 347 g/mol. The van der Waals surface area contributed by atoms with Crippen molar-refractivity contribution in [1.82, 2.24) is 9.55 Å². The van der Waals surface area contributed by atoms with Gasteiger partial charge in [-0.1, -0.05) is 6.07 Å². The van der Waals surface area contributed by atoms with Crippen molar-refractivity contribution in [2.75, 3.05) is 0 Å². The lowest BCUT2D eigenvalue weighted by molar-refractivity contribution is 0.621. The third kappa shape index (κ3) is 2.47. The van der Waals surface area contributed by atoms with Crippen LogP contribution in [-0.2, 0) is 13.1 Å². The Morgan fingerprint density at radius 1 is 1.24 bits per heavy atom. The lowest BCUT2D eigenvalue weighted by Crippen LogP contribution is -1.98. The molecule has 0 saturated carbocycles. The number of imidazole rings is 1. The SMILES string of the molecule is CCn1c(-c2ccc(F)c(Br)c2)nc2cc(CN)ccc21. The molecule has 0 saturated heterocycles. The third-order valence-corrected chi connectivity index (χ3v) is 4.15. The van der Waals surface area contributed by atoms with Crippen molar-refractivity contribution in [3.8, 4) is 11.4 Å². The van der Waals surface area contributed by atoms with Crippen molar-refractivity contribution in [1.29, 1.82) is 0 Å². The van der Waals surface area contributed by atoms with E-state index in [1.165, 1.54) is 6.07 Å². The van der Waals surface area contributed by atoms with E-state index in [1.54, 1.807) is 12.1 Å². The number of hydrogen-bond acceptors (Lipinski definition) is 2. The van der Waals surface area contributed by atoms with Gasteiger partial charge in [0.05, 0.1) is 15.5 Å². The highest BCUT2D eigenvalue weighted by Crippen LogP contribution is 2.28. The molecule has 1 aromatic heterocycles. The summed E-state index contributed by atoms with van der Waals surface area (Å²) in [5.74, 6) is 0.561. The van der Waals surface area contributed by atoms with Crippen molar-refractivity contribution in [2.24, 2.45) is 5.73 Å². The molecule has 0 aliphatic heterocycles. The number of benzene rings is 2. The maximum absolute atomic E-state index is 13.4. The molecule has 3 nitrogen and oxygen atoms in total. The second kappa shape index (κ2) is 5.58. The zero-order chi connectivity index (χ0) is 15.0. The van der Waals surface area contributed by atoms with Crippen LogP contribution in [0.1, 0.15) is 12.5 Å². The molecule has 0 bridgehead atoms. The van der Waals surface area contributed by atoms with Gasteiger partial charge in [0.25, 0.3) is 0 Å². The first-order valence-electron chi connectivity index (χ1n) is 6.78. The number of hydrogen-bond donors (Lipinski definition) is 1. The van der Waals surface area contributed by atoms with Crippen LogP contribution in [-0.4, -0.2) is 9.55 Å². The summed E-state index contributed by atoms with van der Waals surface area (Å²) < 4.78 is 16.0. The summed E-state index contributed by atoms with van der Waals surface area (Å²) in [6.07, 6.45) is 0. The molecular weight excluding hydrogens is 333 g/mol. The number of nitrogens with zero attached hydrogens (tertiary/aromatic N) is 2. The molecule has 21 heavy (non-hydrogen) atoms. The molecule has 0 fully saturated rings. The number of rotatable bonds is 3. The molecule has 0 atom stereocenters. The lowest BCUT2D eigenvalue weighted by atomic mass is 10.2. The molecule has 2 N–H and O–H groups in total. The number of aryl methyl sites for hydroxylation is 1. The molecule has 1 heterocycles. The molecule has 0 unspecified atom stereocenters. The van der Waals surface area contributed by atoms with Crippen LogP contribution in [0.5, 0.6) is 0 Å². The van der Waals surface area contributed by atoms with Gasteiger partial charge < -0.3 is 10.3 Å². The molecule has 0 aliphatic rings. The van der Waals surface area contributed by atoms with E-state index >= 15 is 0 Å². The van der Waals surface area contributed by atoms with E-state index in [-0.39, 0.29) is 5.82 Å². The molecule has 0 aliphatic carbocycles. The summed E-state index contributed by atoms with van der Waals surface area (Å²) in [5.41, 5.74) is 9.59. The predicted octanol–water partition coefficient (Wildman–Crippen LogP) is 4.08. The number of nitrogens with two attached hydrogens (primary N) is 1. The second-order valence-electron chi connectivity index (χ2n) is 4.84. The number of aromatic nitrogens is 2. The Morgan fingerprint density at radius 2 is 2.05 bits per heavy atom. The third-order valence-electron chi connectivity index (χ3n) is 3.54. The van der Waals surface area contributed by atoms with Gasteiger partial charge in [0.2, 0.25) is 0 Å². The molecule has 3 rings (SSSR count). The van der Waals surface area contributed by atoms with E-state index in [0.717, 1.165) is 34.5 Å². The molecule has 3 aromatic rings. The molecule has 2 aromatic carbocycles. The zero-order valence-electron chi connectivity index (χ0n) is 11.6. The Hall–Kier alpha value is -1.72. The van der Waals surface area contributed by atoms with Crippen molar-refractivity contribution in [2.45, 2.75) is 20.0 Å². The summed E-state index contributed by atoms with van der Waals surface area (Å²) in [7, 11) is 0. The second-order valence-corrected chi connectivity index (χ2v) is 5.69. The predicted molar refractivity (Wildman–Crippen MR) is 86.4 cm³/mol. The fourth-order valence-electron chi connectivity index (χ4n) is 2.48. The highest BCUT2D eigenvalue weighted by molar-refractivity contribution is 9.10. The van der Waals surface area contributed by atoms with Gasteiger partial charge in [0, 0.05) is 18.7 Å². The summed E-state index contributed by atoms with van der Waals surface area (Å²) in [4.78, 5) is 4.70. The summed E-state index contributed by atoms with van der Waals surface area (Å²) in [6, 6.07) is 11.0. The summed E-state index contributed by atoms with van der Waals surface area (Å²) >= 11 is 3.23. The summed E-state index contributed by atoms with van der Waals surface area (Å²) in [5, 5.41) is 0. The van der Waals surface area contributed by atoms with Crippen molar-refractivity contribution >= 4 is 27.0 Å². The normalized spacial score (nSPS) is 11.2. The molecule has 0 radical (unpaired) electrons. The van der Waals surface area contributed by atoms with E-state index in [9.17, 15) is 4.39 Å². The van der Waals surface area contributed by atoms with Gasteiger partial charge in [-0.15, -0.1) is 0 Å². The van der Waals surface area contributed by atoms with Crippen LogP contribution in [0.15, 0.2) is 40.9 Å². The van der Waals surface area contributed by atoms with Gasteiger partial charge in [-0.25, -0.2) is 9.37 Å². The van der Waals surface area contributed by atoms with E-state index in [2.05, 4.69) is 27.4 Å². The number of halogens is 2. The zero-order valence-corrected chi connectivity index (χ0v) is 13.2. The number of fused-ring (bicyclic) bond motifs is 1. The van der Waals surface area contributed by atoms with Gasteiger partial charge in [0.1, 0.15) is 11.6 Å². The van der Waals surface area contributed by atoms with Gasteiger partial charge in [0.15, 0.2) is 0 Å². The van der Waals surface area contributed by atoms with Crippen molar-refractivity contribution < 1.29 is 4.39 Å². The van der Waals surface area contributed by atoms with Gasteiger partial charge in [-0.05, 0) is 58.7 Å². The Bertz CT molecular complexity index is 811. The topological polar surface area (TPSA) is 43.8 Å². The quantitative estimate of drug-likeness (QED) is 0.775. The fraction of sp³-hybridized carbons (Fsp3) is 0.188. The Kier molecular flexibility index (Phi) is 3.78. The van der Waals surface area contributed by atoms with Gasteiger partial charge in [-0.3, -0.25) is 0 Å². The standard InChI is InChI=1S/C16H15BrFN3/c1-2-21-15-6-3-10(9-19)7-14(15)20-16(21)11-4-5-13(18)12(17)8-11/h3-8H,2,9,19H2,1H3. The highest BCUT2D eigenvalue weighted by atomic mass is 79.9. The van der Waals surface area contributed by atoms with E-state index in [0.29, 0.717) is 11.0 Å². The maximum Gasteiger partial charge on any atom is 0.141 e. The van der Waals surface area contributed by atoms with E-state index < -0.39 is 0 Å². The van der Waals surface area contributed by atoms with E-state index in [4.69, 9.17) is 10.7 Å². The smallest absolute Gasteiger partial charge is 0.141 e. The average molecular weight is 348 g/mol. The highest BCUT2D eigenvalue weighted by Gasteiger charge is 2.13.